The molecule has 1 N–H and O–H groups in total. The Hall–Kier alpha value is -2.41. The summed E-state index contributed by atoms with van der Waals surface area (Å²) in [4.78, 5) is 29.0. The van der Waals surface area contributed by atoms with Crippen molar-refractivity contribution in [3.63, 3.8) is 0 Å². The largest absolute Gasteiger partial charge is 0.369 e. The molecule has 3 aliphatic rings. The summed E-state index contributed by atoms with van der Waals surface area (Å²) in [6, 6.07) is 6.47. The van der Waals surface area contributed by atoms with Crippen molar-refractivity contribution in [3.05, 3.63) is 23.9 Å². The number of rotatable bonds is 6. The Bertz CT molecular complexity index is 1000. The van der Waals surface area contributed by atoms with E-state index >= 15 is 0 Å². The van der Waals surface area contributed by atoms with Gasteiger partial charge in [0.05, 0.1) is 17.1 Å². The molecule has 1 aromatic heterocycles. The second-order valence-corrected chi connectivity index (χ2v) is 10.2. The van der Waals surface area contributed by atoms with Gasteiger partial charge in [-0.25, -0.2) is 0 Å². The van der Waals surface area contributed by atoms with Gasteiger partial charge in [-0.1, -0.05) is 32.1 Å². The minimum Gasteiger partial charge on any atom is -0.369 e. The molecular formula is C26H37N5O2. The Morgan fingerprint density at radius 3 is 2.58 bits per heavy atom. The molecular weight excluding hydrogens is 414 g/mol. The third-order valence-electron chi connectivity index (χ3n) is 7.98. The van der Waals surface area contributed by atoms with Crippen LogP contribution in [0.15, 0.2) is 18.2 Å². The molecule has 5 rings (SSSR count). The van der Waals surface area contributed by atoms with Crippen LogP contribution in [0.5, 0.6) is 0 Å². The maximum atomic E-state index is 12.4. The molecule has 1 aliphatic carbocycles. The molecule has 33 heavy (non-hydrogen) atoms. The second kappa shape index (κ2) is 9.84. The van der Waals surface area contributed by atoms with E-state index in [9.17, 15) is 9.59 Å². The Kier molecular flexibility index (Phi) is 6.67. The zero-order valence-corrected chi connectivity index (χ0v) is 19.9. The lowest BCUT2D eigenvalue weighted by Gasteiger charge is -2.36. The average Bonchev–Trinajstić information content (AvgIpc) is 3.16. The van der Waals surface area contributed by atoms with Gasteiger partial charge in [-0.05, 0) is 49.9 Å². The number of amides is 2. The van der Waals surface area contributed by atoms with Crippen LogP contribution in [0.2, 0.25) is 0 Å². The topological polar surface area (TPSA) is 70.5 Å². The summed E-state index contributed by atoms with van der Waals surface area (Å²) in [5.41, 5.74) is 3.05. The monoisotopic (exact) mass is 451 g/mol. The van der Waals surface area contributed by atoms with Crippen LogP contribution >= 0.6 is 0 Å². The van der Waals surface area contributed by atoms with Crippen molar-refractivity contribution < 1.29 is 9.59 Å². The van der Waals surface area contributed by atoms with E-state index in [1.54, 1.807) is 0 Å². The van der Waals surface area contributed by atoms with Crippen molar-refractivity contribution in [2.75, 3.05) is 37.6 Å². The van der Waals surface area contributed by atoms with Crippen LogP contribution in [-0.4, -0.2) is 59.2 Å². The summed E-state index contributed by atoms with van der Waals surface area (Å²) >= 11 is 0. The normalized spacial score (nSPS) is 23.3. The van der Waals surface area contributed by atoms with Gasteiger partial charge in [-0.2, -0.15) is 5.10 Å². The molecule has 2 amide bonds. The fourth-order valence-electron chi connectivity index (χ4n) is 5.99. The number of hydrogen-bond acceptors (Lipinski definition) is 5. The number of imide groups is 1. The molecule has 3 heterocycles. The van der Waals surface area contributed by atoms with Gasteiger partial charge in [0.25, 0.3) is 0 Å². The summed E-state index contributed by atoms with van der Waals surface area (Å²) in [6.45, 7) is 5.57. The number of nitrogens with zero attached hydrogens (tertiary/aromatic N) is 4. The molecule has 0 radical (unpaired) electrons. The number of hydrogen-bond donors (Lipinski definition) is 1. The molecule has 3 fully saturated rings. The predicted molar refractivity (Wildman–Crippen MR) is 130 cm³/mol. The van der Waals surface area contributed by atoms with E-state index < -0.39 is 0 Å². The molecule has 1 unspecified atom stereocenters. The fourth-order valence-corrected chi connectivity index (χ4v) is 5.99. The lowest BCUT2D eigenvalue weighted by atomic mass is 9.86. The first-order valence-electron chi connectivity index (χ1n) is 12.9. The van der Waals surface area contributed by atoms with Crippen molar-refractivity contribution in [1.29, 1.82) is 0 Å². The molecule has 2 saturated heterocycles. The van der Waals surface area contributed by atoms with Gasteiger partial charge in [0.15, 0.2) is 0 Å². The first-order valence-corrected chi connectivity index (χ1v) is 12.9. The van der Waals surface area contributed by atoms with Crippen LogP contribution in [0.4, 0.5) is 5.69 Å². The molecule has 0 bridgehead atoms. The predicted octanol–water partition coefficient (Wildman–Crippen LogP) is 3.58. The number of anilines is 1. The highest BCUT2D eigenvalue weighted by Gasteiger charge is 2.31. The van der Waals surface area contributed by atoms with Crippen molar-refractivity contribution in [1.82, 2.24) is 20.0 Å². The molecule has 1 atom stereocenters. The van der Waals surface area contributed by atoms with Crippen LogP contribution in [-0.2, 0) is 16.6 Å². The van der Waals surface area contributed by atoms with Gasteiger partial charge in [0.1, 0.15) is 0 Å². The highest BCUT2D eigenvalue weighted by molar-refractivity contribution is 6.02. The molecule has 7 heteroatoms. The number of aromatic nitrogens is 2. The van der Waals surface area contributed by atoms with E-state index in [0.29, 0.717) is 12.8 Å². The van der Waals surface area contributed by atoms with Crippen LogP contribution in [0.3, 0.4) is 0 Å². The average molecular weight is 452 g/mol. The summed E-state index contributed by atoms with van der Waals surface area (Å²) in [5, 5.41) is 8.15. The van der Waals surface area contributed by atoms with Crippen LogP contribution in [0.25, 0.3) is 10.9 Å². The summed E-state index contributed by atoms with van der Waals surface area (Å²) in [5.74, 6) is 0.215. The second-order valence-electron chi connectivity index (χ2n) is 10.2. The number of piperazine rings is 1. The Morgan fingerprint density at radius 1 is 1.03 bits per heavy atom. The molecule has 0 spiro atoms. The smallest absolute Gasteiger partial charge is 0.235 e. The standard InChI is InChI=1S/C26H37N5O2/c1-29-23-18-20(9-10-21(23)25(28-29)22-11-12-24(32)27-26(22)33)31-16-14-30(15-17-31)13-5-8-19-6-3-2-4-7-19/h9-10,18-19,22H,2-8,11-17H2,1H3,(H,27,32,33). The molecule has 7 nitrogen and oxygen atoms in total. The van der Waals surface area contributed by atoms with E-state index in [4.69, 9.17) is 0 Å². The number of carbonyl (C=O) groups is 2. The van der Waals surface area contributed by atoms with Gasteiger partial charge in [0, 0.05) is 50.7 Å². The molecule has 1 saturated carbocycles. The van der Waals surface area contributed by atoms with Crippen molar-refractivity contribution in [2.24, 2.45) is 13.0 Å². The third kappa shape index (κ3) is 4.93. The number of aryl methyl sites for hydroxylation is 1. The quantitative estimate of drug-likeness (QED) is 0.680. The highest BCUT2D eigenvalue weighted by Crippen LogP contribution is 2.32. The zero-order chi connectivity index (χ0) is 22.8. The first-order chi connectivity index (χ1) is 16.1. The van der Waals surface area contributed by atoms with Gasteiger partial charge in [0.2, 0.25) is 11.8 Å². The number of piperidine rings is 1. The third-order valence-corrected chi connectivity index (χ3v) is 7.98. The number of carbonyl (C=O) groups excluding carboxylic acids is 2. The summed E-state index contributed by atoms with van der Waals surface area (Å²) in [6.07, 6.45) is 10.9. The Labute approximate surface area is 196 Å². The lowest BCUT2D eigenvalue weighted by molar-refractivity contribution is -0.134. The van der Waals surface area contributed by atoms with Crippen LogP contribution in [0.1, 0.15) is 69.4 Å². The van der Waals surface area contributed by atoms with Gasteiger partial charge in [-0.15, -0.1) is 0 Å². The number of fused-ring (bicyclic) bond motifs is 1. The Morgan fingerprint density at radius 2 is 1.82 bits per heavy atom. The van der Waals surface area contributed by atoms with Crippen molar-refractivity contribution >= 4 is 28.4 Å². The molecule has 178 valence electrons. The maximum absolute atomic E-state index is 12.4. The Balaban J connectivity index is 1.19. The maximum Gasteiger partial charge on any atom is 0.235 e. The van der Waals surface area contributed by atoms with E-state index in [2.05, 4.69) is 38.4 Å². The number of benzene rings is 1. The zero-order valence-electron chi connectivity index (χ0n) is 19.9. The fraction of sp³-hybridized carbons (Fsp3) is 0.654. The van der Waals surface area contributed by atoms with E-state index in [0.717, 1.165) is 48.7 Å². The minimum atomic E-state index is -0.352. The van der Waals surface area contributed by atoms with Gasteiger partial charge >= 0.3 is 0 Å². The van der Waals surface area contributed by atoms with Crippen LogP contribution < -0.4 is 10.2 Å². The van der Waals surface area contributed by atoms with E-state index in [1.165, 1.54) is 57.2 Å². The van der Waals surface area contributed by atoms with Crippen LogP contribution in [0, 0.1) is 5.92 Å². The SMILES string of the molecule is Cn1nc(C2CCC(=O)NC2=O)c2ccc(N3CCN(CCCC4CCCCC4)CC3)cc21. The first kappa shape index (κ1) is 22.4. The minimum absolute atomic E-state index is 0.188. The molecule has 1 aromatic carbocycles. The number of nitrogens with one attached hydrogen (secondary N) is 1. The molecule has 2 aliphatic heterocycles. The summed E-state index contributed by atoms with van der Waals surface area (Å²) < 4.78 is 1.87. The van der Waals surface area contributed by atoms with Crippen molar-refractivity contribution in [2.45, 2.75) is 63.7 Å². The lowest BCUT2D eigenvalue weighted by Crippen LogP contribution is -2.46. The van der Waals surface area contributed by atoms with E-state index in [-0.39, 0.29) is 17.7 Å². The van der Waals surface area contributed by atoms with Crippen molar-refractivity contribution in [3.8, 4) is 0 Å². The van der Waals surface area contributed by atoms with E-state index in [1.807, 2.05) is 11.7 Å². The highest BCUT2D eigenvalue weighted by atomic mass is 16.2. The molecule has 2 aromatic rings. The van der Waals surface area contributed by atoms with Gasteiger partial charge in [-0.3, -0.25) is 24.5 Å². The summed E-state index contributed by atoms with van der Waals surface area (Å²) in [7, 11) is 1.94. The van der Waals surface area contributed by atoms with Gasteiger partial charge < -0.3 is 4.90 Å².